The fourth-order valence-corrected chi connectivity index (χ4v) is 7.68. The van der Waals surface area contributed by atoms with E-state index in [-0.39, 0.29) is 11.8 Å². The zero-order chi connectivity index (χ0) is 29.4. The predicted molar refractivity (Wildman–Crippen MR) is 169 cm³/mol. The maximum atomic E-state index is 14.4. The predicted octanol–water partition coefficient (Wildman–Crippen LogP) is 7.51. The Hall–Kier alpha value is -2.73. The van der Waals surface area contributed by atoms with Crippen LogP contribution >= 0.6 is 23.2 Å². The number of ether oxygens (including phenoxy) is 2. The summed E-state index contributed by atoms with van der Waals surface area (Å²) in [5, 5.41) is 4.57. The normalized spacial score (nSPS) is 23.1. The Morgan fingerprint density at radius 3 is 2.38 bits per heavy atom. The summed E-state index contributed by atoms with van der Waals surface area (Å²) in [5.41, 5.74) is 6.06. The van der Waals surface area contributed by atoms with Crippen LogP contribution in [0.25, 0.3) is 0 Å². The third-order valence-corrected chi connectivity index (χ3v) is 10.1. The number of benzene rings is 3. The number of fused-ring (bicyclic) bond motifs is 1. The third-order valence-electron chi connectivity index (χ3n) is 9.51. The second-order valence-electron chi connectivity index (χ2n) is 12.3. The average molecular weight is 608 g/mol. The van der Waals surface area contributed by atoms with Gasteiger partial charge in [-0.15, -0.1) is 0 Å². The molecule has 4 unspecified atom stereocenters. The number of aryl methyl sites for hydroxylation is 2. The summed E-state index contributed by atoms with van der Waals surface area (Å²) in [6.45, 7) is 9.61. The Kier molecular flexibility index (Phi) is 8.72. The fraction of sp³-hybridized carbons (Fsp3) is 0.457. The monoisotopic (exact) mass is 606 g/mol. The van der Waals surface area contributed by atoms with E-state index in [0.29, 0.717) is 59.3 Å². The molecule has 3 fully saturated rings. The molecule has 0 aromatic heterocycles. The van der Waals surface area contributed by atoms with Gasteiger partial charge in [0.2, 0.25) is 5.91 Å². The molecule has 4 atom stereocenters. The molecule has 5 nitrogen and oxygen atoms in total. The van der Waals surface area contributed by atoms with Gasteiger partial charge in [-0.05, 0) is 123 Å². The number of nitrogens with one attached hydrogen (secondary N) is 1. The SMILES string of the molecule is Cc1cc(Cl)c(OCCOc2ccc(C3CC4CNCC4C3C(=O)N(Cc3cccc(C)c3C)C3CC3)cc2)c(Cl)c1. The molecule has 0 radical (unpaired) electrons. The van der Waals surface area contributed by atoms with Gasteiger partial charge < -0.3 is 19.7 Å². The van der Waals surface area contributed by atoms with Crippen LogP contribution < -0.4 is 14.8 Å². The number of hydrogen-bond acceptors (Lipinski definition) is 4. The standard InChI is InChI=1S/C35H40Cl2N2O3/c1-21-15-31(36)34(32(37)16-21)42-14-13-41-28-11-7-24(8-12-28)29-17-26-18-38-19-30(26)33(29)35(40)39(27-9-10-27)20-25-6-4-5-22(2)23(25)3/h4-8,11-12,15-16,26-27,29-30,33,38H,9-10,13-14,17-20H2,1-3H3. The van der Waals surface area contributed by atoms with E-state index >= 15 is 0 Å². The summed E-state index contributed by atoms with van der Waals surface area (Å²) >= 11 is 12.6. The van der Waals surface area contributed by atoms with E-state index in [9.17, 15) is 4.79 Å². The van der Waals surface area contributed by atoms with Crippen LogP contribution in [-0.2, 0) is 11.3 Å². The van der Waals surface area contributed by atoms with Crippen LogP contribution in [0.2, 0.25) is 10.0 Å². The van der Waals surface area contributed by atoms with Gasteiger partial charge in [0.05, 0.1) is 10.0 Å². The number of carbonyl (C=O) groups is 1. The summed E-state index contributed by atoms with van der Waals surface area (Å²) in [6, 6.07) is 18.8. The molecule has 0 bridgehead atoms. The van der Waals surface area contributed by atoms with Crippen molar-refractivity contribution in [1.82, 2.24) is 10.2 Å². The molecule has 6 rings (SSSR count). The maximum absolute atomic E-state index is 14.4. The first kappa shape index (κ1) is 29.3. The van der Waals surface area contributed by atoms with Crippen LogP contribution in [0.3, 0.4) is 0 Å². The minimum atomic E-state index is -0.000102. The molecular formula is C35H40Cl2N2O3. The van der Waals surface area contributed by atoms with Crippen LogP contribution in [0, 0.1) is 38.5 Å². The number of hydrogen-bond donors (Lipinski definition) is 1. The Balaban J connectivity index is 1.13. The summed E-state index contributed by atoms with van der Waals surface area (Å²) in [5.74, 6) is 2.75. The van der Waals surface area contributed by atoms with E-state index in [0.717, 1.165) is 43.7 Å². The maximum Gasteiger partial charge on any atom is 0.227 e. The highest BCUT2D eigenvalue weighted by molar-refractivity contribution is 6.37. The van der Waals surface area contributed by atoms with Crippen LogP contribution in [0.15, 0.2) is 54.6 Å². The molecule has 7 heteroatoms. The van der Waals surface area contributed by atoms with E-state index in [1.807, 2.05) is 31.2 Å². The molecule has 222 valence electrons. The largest absolute Gasteiger partial charge is 0.490 e. The third kappa shape index (κ3) is 6.15. The molecule has 42 heavy (non-hydrogen) atoms. The molecule has 2 saturated carbocycles. The van der Waals surface area contributed by atoms with Crippen molar-refractivity contribution in [2.24, 2.45) is 17.8 Å². The topological polar surface area (TPSA) is 50.8 Å². The van der Waals surface area contributed by atoms with Crippen LogP contribution in [0.4, 0.5) is 0 Å². The number of nitrogens with zero attached hydrogens (tertiary/aromatic N) is 1. The van der Waals surface area contributed by atoms with Gasteiger partial charge in [0.25, 0.3) is 0 Å². The molecule has 2 aliphatic carbocycles. The lowest BCUT2D eigenvalue weighted by atomic mass is 9.83. The van der Waals surface area contributed by atoms with Crippen LogP contribution in [0.5, 0.6) is 11.5 Å². The van der Waals surface area contributed by atoms with Gasteiger partial charge in [0, 0.05) is 18.5 Å². The quantitative estimate of drug-likeness (QED) is 0.243. The zero-order valence-electron chi connectivity index (χ0n) is 24.7. The number of halogens is 2. The highest BCUT2D eigenvalue weighted by Crippen LogP contribution is 2.50. The molecule has 3 aromatic rings. The minimum absolute atomic E-state index is 0.000102. The Bertz CT molecular complexity index is 1420. The average Bonchev–Trinajstić information content (AvgIpc) is 3.59. The van der Waals surface area contributed by atoms with Gasteiger partial charge >= 0.3 is 0 Å². The van der Waals surface area contributed by atoms with E-state index in [1.54, 1.807) is 0 Å². The van der Waals surface area contributed by atoms with Gasteiger partial charge in [0.15, 0.2) is 5.75 Å². The molecule has 1 heterocycles. The Morgan fingerprint density at radius 2 is 1.67 bits per heavy atom. The summed E-state index contributed by atoms with van der Waals surface area (Å²) < 4.78 is 11.8. The van der Waals surface area contributed by atoms with Gasteiger partial charge in [-0.25, -0.2) is 0 Å². The highest BCUT2D eigenvalue weighted by atomic mass is 35.5. The van der Waals surface area contributed by atoms with Crippen molar-refractivity contribution in [3.05, 3.63) is 92.5 Å². The smallest absolute Gasteiger partial charge is 0.227 e. The van der Waals surface area contributed by atoms with E-state index < -0.39 is 0 Å². The van der Waals surface area contributed by atoms with Crippen molar-refractivity contribution in [3.63, 3.8) is 0 Å². The van der Waals surface area contributed by atoms with Crippen LogP contribution in [-0.4, -0.2) is 43.2 Å². The summed E-state index contributed by atoms with van der Waals surface area (Å²) in [7, 11) is 0. The number of rotatable bonds is 10. The number of carbonyl (C=O) groups excluding carboxylic acids is 1. The molecular weight excluding hydrogens is 567 g/mol. The van der Waals surface area contributed by atoms with Crippen molar-refractivity contribution >= 4 is 29.1 Å². The first-order valence-corrected chi connectivity index (χ1v) is 15.9. The molecule has 1 amide bonds. The van der Waals surface area contributed by atoms with Crippen molar-refractivity contribution in [2.45, 2.75) is 58.5 Å². The zero-order valence-corrected chi connectivity index (χ0v) is 26.2. The van der Waals surface area contributed by atoms with Gasteiger partial charge in [0.1, 0.15) is 19.0 Å². The molecule has 3 aliphatic rings. The van der Waals surface area contributed by atoms with E-state index in [1.165, 1.54) is 22.3 Å². The Labute approximate surface area is 259 Å². The first-order chi connectivity index (χ1) is 20.3. The summed E-state index contributed by atoms with van der Waals surface area (Å²) in [6.07, 6.45) is 3.26. The van der Waals surface area contributed by atoms with Crippen molar-refractivity contribution in [1.29, 1.82) is 0 Å². The number of amides is 1. The highest BCUT2D eigenvalue weighted by Gasteiger charge is 2.51. The Morgan fingerprint density at radius 1 is 0.952 bits per heavy atom. The minimum Gasteiger partial charge on any atom is -0.490 e. The van der Waals surface area contributed by atoms with Crippen molar-refractivity contribution < 1.29 is 14.3 Å². The fourth-order valence-electron chi connectivity index (χ4n) is 6.97. The summed E-state index contributed by atoms with van der Waals surface area (Å²) in [4.78, 5) is 16.6. The first-order valence-electron chi connectivity index (χ1n) is 15.2. The van der Waals surface area contributed by atoms with Crippen molar-refractivity contribution in [2.75, 3.05) is 26.3 Å². The molecule has 1 N–H and O–H groups in total. The van der Waals surface area contributed by atoms with Crippen LogP contribution in [0.1, 0.15) is 53.0 Å². The van der Waals surface area contributed by atoms with E-state index in [2.05, 4.69) is 54.4 Å². The van der Waals surface area contributed by atoms with E-state index in [4.69, 9.17) is 32.7 Å². The van der Waals surface area contributed by atoms with Gasteiger partial charge in [-0.1, -0.05) is 53.5 Å². The van der Waals surface area contributed by atoms with Crippen molar-refractivity contribution in [3.8, 4) is 11.5 Å². The second-order valence-corrected chi connectivity index (χ2v) is 13.1. The van der Waals surface area contributed by atoms with Gasteiger partial charge in [-0.2, -0.15) is 0 Å². The molecule has 0 spiro atoms. The lowest BCUT2D eigenvalue weighted by Gasteiger charge is -2.32. The lowest BCUT2D eigenvalue weighted by molar-refractivity contribution is -0.138. The molecule has 1 saturated heterocycles. The lowest BCUT2D eigenvalue weighted by Crippen LogP contribution is -2.41. The molecule has 1 aliphatic heterocycles. The molecule has 3 aromatic carbocycles. The van der Waals surface area contributed by atoms with Gasteiger partial charge in [-0.3, -0.25) is 4.79 Å². The second kappa shape index (κ2) is 12.5.